The predicted octanol–water partition coefficient (Wildman–Crippen LogP) is 5.25. The van der Waals surface area contributed by atoms with Crippen LogP contribution in [-0.2, 0) is 4.79 Å². The molecule has 3 rings (SSSR count). The fourth-order valence-corrected chi connectivity index (χ4v) is 3.49. The Morgan fingerprint density at radius 3 is 2.43 bits per heavy atom. The van der Waals surface area contributed by atoms with Crippen molar-refractivity contribution in [1.82, 2.24) is 4.31 Å². The number of nitro benzene ring substituents is 1. The Bertz CT molecular complexity index is 1290. The lowest BCUT2D eigenvalue weighted by molar-refractivity contribution is -0.384. The highest BCUT2D eigenvalue weighted by Gasteiger charge is 2.34. The maximum atomic E-state index is 14.7. The van der Waals surface area contributed by atoms with Gasteiger partial charge in [0.05, 0.1) is 18.1 Å². The maximum absolute atomic E-state index is 14.7. The molecule has 3 aromatic carbocycles. The molecule has 0 aliphatic carbocycles. The molecule has 2 N–H and O–H groups in total. The van der Waals surface area contributed by atoms with E-state index in [4.69, 9.17) is 4.74 Å². The molecule has 0 aliphatic rings. The van der Waals surface area contributed by atoms with Crippen LogP contribution in [0.5, 0.6) is 5.75 Å². The van der Waals surface area contributed by atoms with Crippen LogP contribution in [0.3, 0.4) is 0 Å². The summed E-state index contributed by atoms with van der Waals surface area (Å²) in [5.74, 6) is -3.29. The zero-order valence-electron chi connectivity index (χ0n) is 18.5. The molecule has 9 nitrogen and oxygen atoms in total. The minimum Gasteiger partial charge on any atom is -0.496 e. The lowest BCUT2D eigenvalue weighted by Crippen LogP contribution is -2.38. The van der Waals surface area contributed by atoms with Crippen LogP contribution in [0.4, 0.5) is 30.6 Å². The highest BCUT2D eigenvalue weighted by Crippen LogP contribution is 2.32. The minimum atomic E-state index is -1.74. The number of thiol groups is 1. The number of halogens is 2. The van der Waals surface area contributed by atoms with Gasteiger partial charge in [-0.1, -0.05) is 43.1 Å². The van der Waals surface area contributed by atoms with E-state index >= 15 is 0 Å². The van der Waals surface area contributed by atoms with Gasteiger partial charge in [0.15, 0.2) is 17.7 Å². The van der Waals surface area contributed by atoms with Crippen molar-refractivity contribution >= 4 is 41.8 Å². The summed E-state index contributed by atoms with van der Waals surface area (Å²) in [7, 11) is 1.32. The van der Waals surface area contributed by atoms with Crippen LogP contribution >= 0.6 is 12.8 Å². The van der Waals surface area contributed by atoms with Crippen molar-refractivity contribution in [3.63, 3.8) is 0 Å². The van der Waals surface area contributed by atoms with E-state index in [1.54, 1.807) is 31.2 Å². The van der Waals surface area contributed by atoms with E-state index < -0.39 is 45.8 Å². The first kappa shape index (κ1) is 25.4. The van der Waals surface area contributed by atoms with E-state index in [1.165, 1.54) is 25.3 Å². The molecule has 3 aromatic rings. The van der Waals surface area contributed by atoms with Crippen LogP contribution in [0.2, 0.25) is 0 Å². The highest BCUT2D eigenvalue weighted by molar-refractivity contribution is 7.78. The van der Waals surface area contributed by atoms with Gasteiger partial charge in [-0.05, 0) is 36.8 Å². The van der Waals surface area contributed by atoms with Crippen molar-refractivity contribution in [2.24, 2.45) is 0 Å². The Balaban J connectivity index is 1.98. The maximum Gasteiger partial charge on any atom is 0.332 e. The Kier molecular flexibility index (Phi) is 7.87. The molecule has 0 saturated heterocycles. The molecular weight excluding hydrogens is 482 g/mol. The van der Waals surface area contributed by atoms with Crippen LogP contribution in [-0.4, -0.2) is 28.3 Å². The second kappa shape index (κ2) is 10.8. The summed E-state index contributed by atoms with van der Waals surface area (Å²) >= 11 is 4.08. The van der Waals surface area contributed by atoms with Gasteiger partial charge in [-0.15, -0.1) is 0 Å². The fourth-order valence-electron chi connectivity index (χ4n) is 3.21. The van der Waals surface area contributed by atoms with E-state index in [-0.39, 0.29) is 11.4 Å². The van der Waals surface area contributed by atoms with Gasteiger partial charge in [-0.3, -0.25) is 19.2 Å². The van der Waals surface area contributed by atoms with E-state index in [9.17, 15) is 28.5 Å². The van der Waals surface area contributed by atoms with Gasteiger partial charge in [-0.25, -0.2) is 13.6 Å². The zero-order chi connectivity index (χ0) is 25.7. The minimum absolute atomic E-state index is 0.176. The van der Waals surface area contributed by atoms with Crippen LogP contribution in [0.15, 0.2) is 60.7 Å². The van der Waals surface area contributed by atoms with Crippen molar-refractivity contribution in [3.05, 3.63) is 93.5 Å². The third-order valence-corrected chi connectivity index (χ3v) is 5.44. The summed E-state index contributed by atoms with van der Waals surface area (Å²) in [6, 6.07) is 10.7. The number of carbonyl (C=O) groups is 2. The number of ether oxygens (including phenoxy) is 1. The van der Waals surface area contributed by atoms with Crippen molar-refractivity contribution in [3.8, 4) is 5.75 Å². The third kappa shape index (κ3) is 5.66. The van der Waals surface area contributed by atoms with Gasteiger partial charge in [0.2, 0.25) is 0 Å². The number of methoxy groups -OCH3 is 1. The summed E-state index contributed by atoms with van der Waals surface area (Å²) < 4.78 is 34.1. The van der Waals surface area contributed by atoms with Gasteiger partial charge < -0.3 is 15.4 Å². The van der Waals surface area contributed by atoms with Gasteiger partial charge in [-0.2, -0.15) is 0 Å². The number of benzene rings is 3. The lowest BCUT2D eigenvalue weighted by atomic mass is 10.0. The average Bonchev–Trinajstić information content (AvgIpc) is 2.83. The monoisotopic (exact) mass is 502 g/mol. The van der Waals surface area contributed by atoms with Gasteiger partial charge >= 0.3 is 6.03 Å². The Labute approximate surface area is 204 Å². The largest absolute Gasteiger partial charge is 0.496 e. The summed E-state index contributed by atoms with van der Waals surface area (Å²) in [5, 5.41) is 16.3. The van der Waals surface area contributed by atoms with Crippen LogP contribution < -0.4 is 15.4 Å². The van der Waals surface area contributed by atoms with Crippen molar-refractivity contribution in [2.45, 2.75) is 13.0 Å². The number of anilines is 2. The number of para-hydroxylation sites is 1. The Hall–Kier alpha value is -4.19. The van der Waals surface area contributed by atoms with Crippen LogP contribution in [0.25, 0.3) is 0 Å². The summed E-state index contributed by atoms with van der Waals surface area (Å²) in [4.78, 5) is 36.8. The molecule has 3 amide bonds. The first-order valence-corrected chi connectivity index (χ1v) is 10.5. The fraction of sp³-hybridized carbons (Fsp3) is 0.130. The second-order valence-electron chi connectivity index (χ2n) is 7.26. The molecule has 1 atom stereocenters. The van der Waals surface area contributed by atoms with Crippen LogP contribution in [0, 0.1) is 28.7 Å². The van der Waals surface area contributed by atoms with E-state index in [2.05, 4.69) is 23.4 Å². The SMILES string of the molecule is COc1ccc(NC(=O)N(S)C(C(=O)Nc2ccccc2C)c2cccc(F)c2F)c([N+](=O)[O-])c1. The number of nitro groups is 1. The highest BCUT2D eigenvalue weighted by atomic mass is 32.1. The van der Waals surface area contributed by atoms with E-state index in [1.807, 2.05) is 0 Å². The molecule has 0 saturated carbocycles. The van der Waals surface area contributed by atoms with Crippen molar-refractivity contribution < 1.29 is 28.0 Å². The number of amides is 3. The first-order valence-electron chi connectivity index (χ1n) is 10.1. The van der Waals surface area contributed by atoms with Gasteiger partial charge in [0.25, 0.3) is 11.6 Å². The molecule has 0 radical (unpaired) electrons. The number of carbonyl (C=O) groups excluding carboxylic acids is 2. The van der Waals surface area contributed by atoms with Gasteiger partial charge in [0.1, 0.15) is 11.4 Å². The molecule has 0 spiro atoms. The van der Waals surface area contributed by atoms with Gasteiger partial charge in [0, 0.05) is 11.3 Å². The predicted molar refractivity (Wildman–Crippen MR) is 128 cm³/mol. The normalized spacial score (nSPS) is 11.3. The molecule has 0 aliphatic heterocycles. The molecule has 1 unspecified atom stereocenters. The number of nitrogens with one attached hydrogen (secondary N) is 2. The van der Waals surface area contributed by atoms with E-state index in [0.717, 1.165) is 18.2 Å². The van der Waals surface area contributed by atoms with Crippen molar-refractivity contribution in [1.29, 1.82) is 0 Å². The second-order valence-corrected chi connectivity index (χ2v) is 7.70. The molecule has 0 aromatic heterocycles. The molecule has 12 heteroatoms. The Morgan fingerprint density at radius 2 is 1.77 bits per heavy atom. The lowest BCUT2D eigenvalue weighted by Gasteiger charge is -2.27. The molecule has 0 heterocycles. The molecule has 182 valence electrons. The zero-order valence-corrected chi connectivity index (χ0v) is 19.4. The Morgan fingerprint density at radius 1 is 1.06 bits per heavy atom. The summed E-state index contributed by atoms with van der Waals surface area (Å²) in [5.41, 5.74) is -0.115. The molecule has 0 fully saturated rings. The summed E-state index contributed by atoms with van der Waals surface area (Å²) in [6.45, 7) is 1.72. The summed E-state index contributed by atoms with van der Waals surface area (Å²) in [6.07, 6.45) is 0. The van der Waals surface area contributed by atoms with Crippen molar-refractivity contribution in [2.75, 3.05) is 17.7 Å². The standard InChI is InChI=1S/C23H20F2N4O5S/c1-13-6-3-4-9-17(13)26-22(30)21(15-7-5-8-16(24)20(15)25)28(35)23(31)27-18-11-10-14(34-2)12-19(18)29(32)33/h3-12,21,35H,1-2H3,(H,26,30)(H,27,31). The number of rotatable bonds is 7. The van der Waals surface area contributed by atoms with Crippen LogP contribution in [0.1, 0.15) is 17.2 Å². The smallest absolute Gasteiger partial charge is 0.332 e. The quantitative estimate of drug-likeness (QED) is 0.232. The number of aryl methyl sites for hydroxylation is 1. The number of hydrogen-bond acceptors (Lipinski definition) is 6. The number of nitrogens with zero attached hydrogens (tertiary/aromatic N) is 2. The molecule has 0 bridgehead atoms. The number of hydrogen-bond donors (Lipinski definition) is 3. The topological polar surface area (TPSA) is 114 Å². The van der Waals surface area contributed by atoms with E-state index in [0.29, 0.717) is 15.6 Å². The average molecular weight is 502 g/mol. The first-order chi connectivity index (χ1) is 16.6. The number of urea groups is 1. The molecule has 35 heavy (non-hydrogen) atoms. The third-order valence-electron chi connectivity index (χ3n) is 5.02. The molecular formula is C23H20F2N4O5S.